The molecule has 1 saturated carbocycles. The molecule has 0 saturated heterocycles. The molecule has 0 unspecified atom stereocenters. The molecule has 1 N–H and O–H groups in total. The lowest BCUT2D eigenvalue weighted by Crippen LogP contribution is -2.39. The molecule has 0 spiro atoms. The Bertz CT molecular complexity index is 600. The first-order chi connectivity index (χ1) is 10.6. The van der Waals surface area contributed by atoms with Gasteiger partial charge in [0, 0.05) is 19.3 Å². The van der Waals surface area contributed by atoms with E-state index in [2.05, 4.69) is 5.32 Å². The number of carbonyl (C=O) groups is 1. The fourth-order valence-electron chi connectivity index (χ4n) is 2.69. The van der Waals surface area contributed by atoms with Crippen molar-refractivity contribution in [3.05, 3.63) is 41.1 Å². The van der Waals surface area contributed by atoms with Gasteiger partial charge >= 0.3 is 0 Å². The van der Waals surface area contributed by atoms with E-state index in [1.165, 1.54) is 12.6 Å². The SMILES string of the molecule is CN(C(=O)/C(C#N)=C\Nc1ccccc1Cl)C1CCCCC1. The minimum Gasteiger partial charge on any atom is -0.359 e. The molecule has 0 atom stereocenters. The van der Waals surface area contributed by atoms with E-state index in [9.17, 15) is 10.1 Å². The number of amides is 1. The van der Waals surface area contributed by atoms with Gasteiger partial charge in [-0.05, 0) is 25.0 Å². The highest BCUT2D eigenvalue weighted by Crippen LogP contribution is 2.23. The second kappa shape index (κ2) is 7.86. The van der Waals surface area contributed by atoms with Crippen molar-refractivity contribution in [2.45, 2.75) is 38.1 Å². The number of nitrogens with zero attached hydrogens (tertiary/aromatic N) is 2. The minimum atomic E-state index is -0.242. The van der Waals surface area contributed by atoms with Gasteiger partial charge in [-0.1, -0.05) is 43.0 Å². The van der Waals surface area contributed by atoms with Crippen LogP contribution in [0.3, 0.4) is 0 Å². The average Bonchev–Trinajstić information content (AvgIpc) is 2.56. The van der Waals surface area contributed by atoms with Gasteiger partial charge in [-0.25, -0.2) is 0 Å². The number of benzene rings is 1. The summed E-state index contributed by atoms with van der Waals surface area (Å²) in [5, 5.41) is 12.7. The molecular formula is C17H20ClN3O. The van der Waals surface area contributed by atoms with Gasteiger partial charge in [0.2, 0.25) is 0 Å². The van der Waals surface area contributed by atoms with Gasteiger partial charge in [-0.15, -0.1) is 0 Å². The Morgan fingerprint density at radius 2 is 2.05 bits per heavy atom. The van der Waals surface area contributed by atoms with Crippen LogP contribution in [-0.2, 0) is 4.79 Å². The van der Waals surface area contributed by atoms with Crippen LogP contribution < -0.4 is 5.32 Å². The summed E-state index contributed by atoms with van der Waals surface area (Å²) in [5.74, 6) is -0.242. The van der Waals surface area contributed by atoms with Gasteiger partial charge < -0.3 is 10.2 Å². The molecule has 0 bridgehead atoms. The van der Waals surface area contributed by atoms with Crippen molar-refractivity contribution in [1.82, 2.24) is 4.90 Å². The standard InChI is InChI=1S/C17H20ClN3O/c1-21(14-7-3-2-4-8-14)17(22)13(11-19)12-20-16-10-6-5-9-15(16)18/h5-6,9-10,12,14,20H,2-4,7-8H2,1H3/b13-12-. The number of nitriles is 1. The minimum absolute atomic E-state index is 0.0907. The van der Waals surface area contributed by atoms with E-state index in [4.69, 9.17) is 11.6 Å². The molecule has 0 heterocycles. The Labute approximate surface area is 136 Å². The summed E-state index contributed by atoms with van der Waals surface area (Å²) in [6.07, 6.45) is 6.98. The summed E-state index contributed by atoms with van der Waals surface area (Å²) in [4.78, 5) is 14.1. The lowest BCUT2D eigenvalue weighted by molar-refractivity contribution is -0.128. The molecule has 1 aliphatic rings. The maximum atomic E-state index is 12.4. The highest BCUT2D eigenvalue weighted by molar-refractivity contribution is 6.33. The van der Waals surface area contributed by atoms with Gasteiger partial charge in [-0.2, -0.15) is 5.26 Å². The van der Waals surface area contributed by atoms with Crippen molar-refractivity contribution in [2.75, 3.05) is 12.4 Å². The van der Waals surface area contributed by atoms with E-state index >= 15 is 0 Å². The zero-order valence-electron chi connectivity index (χ0n) is 12.7. The van der Waals surface area contributed by atoms with Crippen LogP contribution in [0.5, 0.6) is 0 Å². The summed E-state index contributed by atoms with van der Waals surface area (Å²) < 4.78 is 0. The summed E-state index contributed by atoms with van der Waals surface area (Å²) in [7, 11) is 1.78. The number of halogens is 1. The van der Waals surface area contributed by atoms with Crippen LogP contribution >= 0.6 is 11.6 Å². The molecule has 1 amide bonds. The van der Waals surface area contributed by atoms with Gasteiger partial charge in [0.15, 0.2) is 0 Å². The number of likely N-dealkylation sites (N-methyl/N-ethyl adjacent to an activating group) is 1. The molecule has 116 valence electrons. The fraction of sp³-hybridized carbons (Fsp3) is 0.412. The normalized spacial score (nSPS) is 16.0. The Morgan fingerprint density at radius 3 is 2.68 bits per heavy atom. The number of anilines is 1. The average molecular weight is 318 g/mol. The summed E-state index contributed by atoms with van der Waals surface area (Å²) in [6.45, 7) is 0. The molecule has 0 aromatic heterocycles. The van der Waals surface area contributed by atoms with Crippen LogP contribution in [0.2, 0.25) is 5.02 Å². The first-order valence-electron chi connectivity index (χ1n) is 7.52. The van der Waals surface area contributed by atoms with E-state index in [0.29, 0.717) is 10.7 Å². The number of carbonyl (C=O) groups excluding carboxylic acids is 1. The molecule has 0 radical (unpaired) electrons. The zero-order valence-corrected chi connectivity index (χ0v) is 13.4. The zero-order chi connectivity index (χ0) is 15.9. The maximum Gasteiger partial charge on any atom is 0.266 e. The molecule has 1 aromatic rings. The van der Waals surface area contributed by atoms with E-state index < -0.39 is 0 Å². The van der Waals surface area contributed by atoms with Crippen molar-refractivity contribution in [3.8, 4) is 6.07 Å². The van der Waals surface area contributed by atoms with E-state index in [1.54, 1.807) is 24.1 Å². The highest BCUT2D eigenvalue weighted by Gasteiger charge is 2.24. The maximum absolute atomic E-state index is 12.4. The Hall–Kier alpha value is -1.99. The van der Waals surface area contributed by atoms with Crippen LogP contribution in [0.25, 0.3) is 0 Å². The van der Waals surface area contributed by atoms with Crippen LogP contribution in [-0.4, -0.2) is 23.9 Å². The Morgan fingerprint density at radius 1 is 1.36 bits per heavy atom. The van der Waals surface area contributed by atoms with Crippen molar-refractivity contribution in [3.63, 3.8) is 0 Å². The summed E-state index contributed by atoms with van der Waals surface area (Å²) >= 11 is 6.04. The molecule has 2 rings (SSSR count). The second-order valence-electron chi connectivity index (χ2n) is 5.50. The molecule has 1 aliphatic carbocycles. The number of nitrogens with one attached hydrogen (secondary N) is 1. The third kappa shape index (κ3) is 4.02. The van der Waals surface area contributed by atoms with E-state index in [1.807, 2.05) is 18.2 Å². The Balaban J connectivity index is 2.06. The third-order valence-corrected chi connectivity index (χ3v) is 4.37. The molecular weight excluding hydrogens is 298 g/mol. The summed E-state index contributed by atoms with van der Waals surface area (Å²) in [5.41, 5.74) is 0.762. The van der Waals surface area contributed by atoms with Crippen LogP contribution in [0.4, 0.5) is 5.69 Å². The van der Waals surface area contributed by atoms with Crippen LogP contribution in [0.15, 0.2) is 36.0 Å². The van der Waals surface area contributed by atoms with Crippen LogP contribution in [0.1, 0.15) is 32.1 Å². The lowest BCUT2D eigenvalue weighted by Gasteiger charge is -2.31. The molecule has 1 fully saturated rings. The predicted octanol–water partition coefficient (Wildman–Crippen LogP) is 3.95. The van der Waals surface area contributed by atoms with Gasteiger partial charge in [-0.3, -0.25) is 4.79 Å². The largest absolute Gasteiger partial charge is 0.359 e. The van der Waals surface area contributed by atoms with Crippen molar-refractivity contribution < 1.29 is 4.79 Å². The molecule has 0 aliphatic heterocycles. The van der Waals surface area contributed by atoms with Crippen molar-refractivity contribution >= 4 is 23.2 Å². The van der Waals surface area contributed by atoms with Crippen LogP contribution in [0, 0.1) is 11.3 Å². The molecule has 4 nitrogen and oxygen atoms in total. The smallest absolute Gasteiger partial charge is 0.266 e. The van der Waals surface area contributed by atoms with E-state index in [-0.39, 0.29) is 17.5 Å². The number of para-hydroxylation sites is 1. The fourth-order valence-corrected chi connectivity index (χ4v) is 2.88. The molecule has 1 aromatic carbocycles. The first-order valence-corrected chi connectivity index (χ1v) is 7.89. The van der Waals surface area contributed by atoms with Gasteiger partial charge in [0.25, 0.3) is 5.91 Å². The number of rotatable bonds is 4. The highest BCUT2D eigenvalue weighted by atomic mass is 35.5. The second-order valence-corrected chi connectivity index (χ2v) is 5.91. The summed E-state index contributed by atoms with van der Waals surface area (Å²) in [6, 6.07) is 9.42. The predicted molar refractivity (Wildman–Crippen MR) is 88.4 cm³/mol. The van der Waals surface area contributed by atoms with Gasteiger partial charge in [0.05, 0.1) is 10.7 Å². The molecule has 5 heteroatoms. The first kappa shape index (κ1) is 16.4. The van der Waals surface area contributed by atoms with Crippen molar-refractivity contribution in [1.29, 1.82) is 5.26 Å². The lowest BCUT2D eigenvalue weighted by atomic mass is 9.94. The van der Waals surface area contributed by atoms with E-state index in [0.717, 1.165) is 25.7 Å². The third-order valence-electron chi connectivity index (χ3n) is 4.04. The molecule has 22 heavy (non-hydrogen) atoms. The number of hydrogen-bond donors (Lipinski definition) is 1. The quantitative estimate of drug-likeness (QED) is 0.675. The van der Waals surface area contributed by atoms with Crippen molar-refractivity contribution in [2.24, 2.45) is 0 Å². The monoisotopic (exact) mass is 317 g/mol. The topological polar surface area (TPSA) is 56.1 Å². The number of hydrogen-bond acceptors (Lipinski definition) is 3. The van der Waals surface area contributed by atoms with Gasteiger partial charge in [0.1, 0.15) is 11.6 Å². The Kier molecular flexibility index (Phi) is 5.85.